The molecule has 0 aromatic heterocycles. The van der Waals surface area contributed by atoms with E-state index in [4.69, 9.17) is 10.5 Å². The molecule has 1 aromatic carbocycles. The maximum absolute atomic E-state index is 13.2. The quantitative estimate of drug-likeness (QED) is 0.304. The van der Waals surface area contributed by atoms with Gasteiger partial charge in [0.05, 0.1) is 23.2 Å². The lowest BCUT2D eigenvalue weighted by Gasteiger charge is -2.55. The minimum absolute atomic E-state index is 0.0655. The Bertz CT molecular complexity index is 1120. The van der Waals surface area contributed by atoms with Gasteiger partial charge in [-0.05, 0) is 37.3 Å². The summed E-state index contributed by atoms with van der Waals surface area (Å²) in [5.74, 6) is -0.732. The summed E-state index contributed by atoms with van der Waals surface area (Å²) in [7, 11) is 0. The Morgan fingerprint density at radius 2 is 1.74 bits per heavy atom. The molecule has 4 heterocycles. The van der Waals surface area contributed by atoms with Crippen LogP contribution in [0, 0.1) is 27.4 Å². The molecule has 1 unspecified atom stereocenters. The smallest absolute Gasteiger partial charge is 0.328 e. The Morgan fingerprint density at radius 3 is 2.35 bits per heavy atom. The molecule has 4 N–H and O–H groups in total. The highest BCUT2D eigenvalue weighted by Crippen LogP contribution is 2.52. The van der Waals surface area contributed by atoms with Gasteiger partial charge in [-0.25, -0.2) is 4.79 Å². The molecule has 1 aliphatic carbocycles. The number of nitrogens with zero attached hydrogens (tertiary/aromatic N) is 3. The van der Waals surface area contributed by atoms with Crippen LogP contribution in [0.25, 0.3) is 0 Å². The molecule has 4 amide bonds. The third-order valence-electron chi connectivity index (χ3n) is 8.20. The van der Waals surface area contributed by atoms with E-state index >= 15 is 0 Å². The first-order chi connectivity index (χ1) is 16.1. The first kappa shape index (κ1) is 21.3. The second kappa shape index (κ2) is 6.89. The number of carbonyl (C=O) groups excluding carboxylic acids is 3. The van der Waals surface area contributed by atoms with Crippen LogP contribution >= 0.6 is 0 Å². The van der Waals surface area contributed by atoms with Crippen molar-refractivity contribution >= 4 is 34.9 Å². The van der Waals surface area contributed by atoms with Gasteiger partial charge in [-0.2, -0.15) is 0 Å². The van der Waals surface area contributed by atoms with Crippen LogP contribution in [0.15, 0.2) is 12.1 Å². The summed E-state index contributed by atoms with van der Waals surface area (Å²) in [5.41, 5.74) is 6.15. The Hall–Kier alpha value is -3.25. The van der Waals surface area contributed by atoms with Crippen molar-refractivity contribution in [1.82, 2.24) is 10.6 Å². The van der Waals surface area contributed by atoms with Crippen LogP contribution in [-0.2, 0) is 20.7 Å². The number of amides is 4. The molecule has 12 nitrogen and oxygen atoms in total. The average molecular weight is 470 g/mol. The first-order valence-electron chi connectivity index (χ1n) is 11.5. The molecular formula is C22H26N6O6. The van der Waals surface area contributed by atoms with Crippen molar-refractivity contribution < 1.29 is 24.0 Å². The Morgan fingerprint density at radius 1 is 1.09 bits per heavy atom. The number of imide groups is 2. The van der Waals surface area contributed by atoms with Crippen molar-refractivity contribution in [3.63, 3.8) is 0 Å². The zero-order valence-corrected chi connectivity index (χ0v) is 18.8. The van der Waals surface area contributed by atoms with E-state index in [0.717, 1.165) is 5.69 Å². The van der Waals surface area contributed by atoms with E-state index in [0.29, 0.717) is 42.7 Å². The van der Waals surface area contributed by atoms with Crippen LogP contribution in [0.3, 0.4) is 0 Å². The second-order valence-electron chi connectivity index (χ2n) is 10.2. The molecule has 1 aromatic rings. The van der Waals surface area contributed by atoms with Gasteiger partial charge in [0.15, 0.2) is 5.41 Å². The number of nitrogens with two attached hydrogens (primary N) is 1. The molecule has 180 valence electrons. The highest BCUT2D eigenvalue weighted by Gasteiger charge is 2.63. The van der Waals surface area contributed by atoms with Gasteiger partial charge in [-0.15, -0.1) is 0 Å². The highest BCUT2D eigenvalue weighted by atomic mass is 16.6. The van der Waals surface area contributed by atoms with Crippen molar-refractivity contribution in [1.29, 1.82) is 0 Å². The van der Waals surface area contributed by atoms with Crippen molar-refractivity contribution in [3.8, 4) is 0 Å². The molecule has 3 saturated heterocycles. The zero-order chi connectivity index (χ0) is 24.1. The number of hydrogen-bond acceptors (Lipinski definition) is 9. The normalized spacial score (nSPS) is 35.3. The maximum atomic E-state index is 13.2. The predicted molar refractivity (Wildman–Crippen MR) is 119 cm³/mol. The van der Waals surface area contributed by atoms with E-state index in [1.807, 2.05) is 22.8 Å². The number of benzene rings is 1. The van der Waals surface area contributed by atoms with E-state index in [2.05, 4.69) is 10.6 Å². The maximum Gasteiger partial charge on any atom is 0.328 e. The molecule has 4 aliphatic heterocycles. The van der Waals surface area contributed by atoms with Gasteiger partial charge >= 0.3 is 6.03 Å². The lowest BCUT2D eigenvalue weighted by atomic mass is 9.66. The number of carbonyl (C=O) groups is 3. The summed E-state index contributed by atoms with van der Waals surface area (Å²) in [6, 6.07) is 1.90. The Kier molecular flexibility index (Phi) is 4.31. The van der Waals surface area contributed by atoms with Gasteiger partial charge in [0.25, 0.3) is 5.69 Å². The summed E-state index contributed by atoms with van der Waals surface area (Å²) < 4.78 is 6.03. The number of fused-ring (bicyclic) bond motifs is 5. The van der Waals surface area contributed by atoms with E-state index in [1.54, 1.807) is 6.92 Å². The second-order valence-corrected chi connectivity index (χ2v) is 10.2. The number of anilines is 2. The topological polar surface area (TPSA) is 160 Å². The molecule has 4 fully saturated rings. The number of nitro benzene ring substituents is 1. The lowest BCUT2D eigenvalue weighted by molar-refractivity contribution is -0.384. The average Bonchev–Trinajstić information content (AvgIpc) is 3.16. The van der Waals surface area contributed by atoms with Gasteiger partial charge in [0, 0.05) is 43.9 Å². The van der Waals surface area contributed by atoms with Crippen LogP contribution in [-0.4, -0.2) is 66.7 Å². The molecule has 0 bridgehead atoms. The van der Waals surface area contributed by atoms with Crippen LogP contribution < -0.4 is 26.2 Å². The standard InChI is InChI=1S/C22H26N6O6/c1-9-6-27-14-4-15(26-7-12-13(8-26)17(12)23)16(28(32)33)3-11(14)5-22(18(27)10(2)34-9)19(29)24-21(31)25-20(22)30/h3-4,9-10,12-13,17-18H,5-8,23H2,1-2H3,(H2,24,25,29,30,31)/t9-,10+,12-,13+,17?,18-/m1/s1. The number of barbiturate groups is 1. The van der Waals surface area contributed by atoms with E-state index in [9.17, 15) is 24.5 Å². The number of nitro groups is 1. The number of hydrogen-bond donors (Lipinski definition) is 3. The number of morpholine rings is 1. The third-order valence-corrected chi connectivity index (χ3v) is 8.20. The number of nitrogens with one attached hydrogen (secondary N) is 2. The number of ether oxygens (including phenoxy) is 1. The van der Waals surface area contributed by atoms with Crippen molar-refractivity contribution in [2.75, 3.05) is 29.4 Å². The first-order valence-corrected chi connectivity index (χ1v) is 11.5. The minimum atomic E-state index is -1.65. The Balaban J connectivity index is 1.50. The van der Waals surface area contributed by atoms with Crippen molar-refractivity contribution in [2.24, 2.45) is 23.0 Å². The summed E-state index contributed by atoms with van der Waals surface area (Å²) in [6.07, 6.45) is -0.771. The molecule has 0 radical (unpaired) electrons. The van der Waals surface area contributed by atoms with E-state index in [1.165, 1.54) is 6.07 Å². The van der Waals surface area contributed by atoms with Crippen LogP contribution in [0.5, 0.6) is 0 Å². The summed E-state index contributed by atoms with van der Waals surface area (Å²) in [5, 5.41) is 16.5. The van der Waals surface area contributed by atoms with Gasteiger partial charge < -0.3 is 20.3 Å². The largest absolute Gasteiger partial charge is 0.372 e. The van der Waals surface area contributed by atoms with Crippen molar-refractivity contribution in [2.45, 2.75) is 44.6 Å². The fourth-order valence-electron chi connectivity index (χ4n) is 6.63. The predicted octanol–water partition coefficient (Wildman–Crippen LogP) is -0.121. The molecule has 34 heavy (non-hydrogen) atoms. The fourth-order valence-corrected chi connectivity index (χ4v) is 6.63. The van der Waals surface area contributed by atoms with Gasteiger partial charge in [-0.1, -0.05) is 0 Å². The summed E-state index contributed by atoms with van der Waals surface area (Å²) in [4.78, 5) is 53.9. The molecule has 6 atom stereocenters. The number of piperidine rings is 1. The monoisotopic (exact) mass is 470 g/mol. The van der Waals surface area contributed by atoms with Crippen molar-refractivity contribution in [3.05, 3.63) is 27.8 Å². The summed E-state index contributed by atoms with van der Waals surface area (Å²) in [6.45, 7) is 5.44. The molecule has 5 aliphatic rings. The molecular weight excluding hydrogens is 444 g/mol. The van der Waals surface area contributed by atoms with Gasteiger partial charge in [-0.3, -0.25) is 30.3 Å². The molecule has 1 spiro atoms. The van der Waals surface area contributed by atoms with Crippen LogP contribution in [0.1, 0.15) is 19.4 Å². The third kappa shape index (κ3) is 2.75. The minimum Gasteiger partial charge on any atom is -0.372 e. The molecule has 6 rings (SSSR count). The van der Waals surface area contributed by atoms with Crippen LogP contribution in [0.4, 0.5) is 21.9 Å². The van der Waals surface area contributed by atoms with Crippen LogP contribution in [0.2, 0.25) is 0 Å². The van der Waals surface area contributed by atoms with Gasteiger partial charge in [0.2, 0.25) is 11.8 Å². The van der Waals surface area contributed by atoms with E-state index < -0.39 is 40.3 Å². The fraction of sp³-hybridized carbons (Fsp3) is 0.591. The summed E-state index contributed by atoms with van der Waals surface area (Å²) >= 11 is 0. The lowest BCUT2D eigenvalue weighted by Crippen LogP contribution is -2.75. The molecule has 1 saturated carbocycles. The number of rotatable bonds is 2. The number of urea groups is 1. The van der Waals surface area contributed by atoms with Gasteiger partial charge in [0.1, 0.15) is 5.69 Å². The highest BCUT2D eigenvalue weighted by molar-refractivity contribution is 6.20. The molecule has 12 heteroatoms. The van der Waals surface area contributed by atoms with E-state index in [-0.39, 0.29) is 24.3 Å². The SMILES string of the molecule is C[C@@H]1CN2c3cc(N4C[C@@H]5C(N)[C@@H]5C4)c([N+](=O)[O-])cc3CC3(C(=O)NC(=O)NC3=O)[C@H]2[C@H](C)O1. The Labute approximate surface area is 194 Å². The zero-order valence-electron chi connectivity index (χ0n) is 18.8.